The van der Waals surface area contributed by atoms with Gasteiger partial charge in [-0.2, -0.15) is 0 Å². The number of aryl methyl sites for hydroxylation is 1. The number of carbonyl (C=O) groups is 1. The second-order valence-corrected chi connectivity index (χ2v) is 7.68. The first-order chi connectivity index (χ1) is 14.1. The fraction of sp³-hybridized carbons (Fsp3) is 0.565. The summed E-state index contributed by atoms with van der Waals surface area (Å²) in [5, 5.41) is 4.12. The summed E-state index contributed by atoms with van der Waals surface area (Å²) in [4.78, 5) is 20.1. The number of hydrogen-bond donors (Lipinski definition) is 1. The number of pyridine rings is 1. The molecule has 1 amide bonds. The number of methoxy groups -OCH3 is 1. The van der Waals surface area contributed by atoms with E-state index in [1.807, 2.05) is 31.2 Å². The van der Waals surface area contributed by atoms with Crippen LogP contribution in [0.4, 0.5) is 0 Å². The summed E-state index contributed by atoms with van der Waals surface area (Å²) in [7, 11) is 1.64. The Morgan fingerprint density at radius 2 is 1.97 bits per heavy atom. The second-order valence-electron chi connectivity index (χ2n) is 7.68. The number of nitrogens with zero attached hydrogens (tertiary/aromatic N) is 2. The zero-order valence-electron chi connectivity index (χ0n) is 18.0. The minimum atomic E-state index is -0.0584. The van der Waals surface area contributed by atoms with Crippen LogP contribution in [0.25, 0.3) is 10.9 Å². The van der Waals surface area contributed by atoms with Crippen molar-refractivity contribution in [3.63, 3.8) is 0 Å². The van der Waals surface area contributed by atoms with E-state index < -0.39 is 0 Å². The lowest BCUT2D eigenvalue weighted by Gasteiger charge is -2.38. The Morgan fingerprint density at radius 1 is 1.24 bits per heavy atom. The number of benzene rings is 1. The number of carbonyl (C=O) groups excluding carboxylic acids is 1. The van der Waals surface area contributed by atoms with Crippen LogP contribution in [0.15, 0.2) is 24.3 Å². The van der Waals surface area contributed by atoms with E-state index >= 15 is 0 Å². The number of nitrogens with one attached hydrogen (secondary N) is 1. The minimum Gasteiger partial charge on any atom is -0.497 e. The van der Waals surface area contributed by atoms with Crippen LogP contribution in [0.3, 0.4) is 0 Å². The molecule has 1 fully saturated rings. The standard InChI is InChI=1S/C23H33N3O3/c1-5-17(6-2)22(26-9-11-29-12-10-26)15-24-23(27)20-13-18-7-8-19(28-4)14-21(18)25-16(20)3/h7-8,13-14,17,22H,5-6,9-12,15H2,1-4H3,(H,24,27). The minimum absolute atomic E-state index is 0.0584. The van der Waals surface area contributed by atoms with Crippen molar-refractivity contribution in [3.05, 3.63) is 35.5 Å². The summed E-state index contributed by atoms with van der Waals surface area (Å²) in [5.74, 6) is 1.26. The Balaban J connectivity index is 1.76. The molecular formula is C23H33N3O3. The fourth-order valence-corrected chi connectivity index (χ4v) is 4.23. The van der Waals surface area contributed by atoms with E-state index in [0.29, 0.717) is 24.1 Å². The summed E-state index contributed by atoms with van der Waals surface area (Å²) in [6.07, 6.45) is 2.21. The molecule has 2 aromatic rings. The SMILES string of the molecule is CCC(CC)C(CNC(=O)c1cc2ccc(OC)cc2nc1C)N1CCOCC1. The molecule has 0 saturated carbocycles. The third kappa shape index (κ3) is 5.06. The first-order valence-corrected chi connectivity index (χ1v) is 10.6. The Kier molecular flexibility index (Phi) is 7.45. The van der Waals surface area contributed by atoms with Crippen LogP contribution < -0.4 is 10.1 Å². The van der Waals surface area contributed by atoms with Crippen LogP contribution >= 0.6 is 0 Å². The molecule has 0 bridgehead atoms. The molecular weight excluding hydrogens is 366 g/mol. The van der Waals surface area contributed by atoms with E-state index in [1.54, 1.807) is 7.11 Å². The third-order valence-electron chi connectivity index (χ3n) is 6.04. The van der Waals surface area contributed by atoms with Gasteiger partial charge in [0.15, 0.2) is 0 Å². The molecule has 1 aliphatic rings. The first-order valence-electron chi connectivity index (χ1n) is 10.6. The van der Waals surface area contributed by atoms with Crippen molar-refractivity contribution >= 4 is 16.8 Å². The maximum atomic E-state index is 13.0. The van der Waals surface area contributed by atoms with E-state index in [4.69, 9.17) is 9.47 Å². The highest BCUT2D eigenvalue weighted by Crippen LogP contribution is 2.23. The number of ether oxygens (including phenoxy) is 2. The number of hydrogen-bond acceptors (Lipinski definition) is 5. The van der Waals surface area contributed by atoms with Gasteiger partial charge in [0.1, 0.15) is 5.75 Å². The van der Waals surface area contributed by atoms with Gasteiger partial charge in [-0.3, -0.25) is 14.7 Å². The molecule has 1 atom stereocenters. The third-order valence-corrected chi connectivity index (χ3v) is 6.04. The smallest absolute Gasteiger partial charge is 0.253 e. The normalized spacial score (nSPS) is 16.2. The molecule has 0 aliphatic carbocycles. The van der Waals surface area contributed by atoms with Gasteiger partial charge < -0.3 is 14.8 Å². The molecule has 1 N–H and O–H groups in total. The summed E-state index contributed by atoms with van der Waals surface area (Å²) in [6.45, 7) is 10.4. The highest BCUT2D eigenvalue weighted by atomic mass is 16.5. The van der Waals surface area contributed by atoms with E-state index in [9.17, 15) is 4.79 Å². The molecule has 1 aromatic heterocycles. The molecule has 0 spiro atoms. The lowest BCUT2D eigenvalue weighted by Crippen LogP contribution is -2.52. The van der Waals surface area contributed by atoms with Gasteiger partial charge in [-0.15, -0.1) is 0 Å². The predicted molar refractivity (Wildman–Crippen MR) is 116 cm³/mol. The Morgan fingerprint density at radius 3 is 2.62 bits per heavy atom. The zero-order chi connectivity index (χ0) is 20.8. The molecule has 2 heterocycles. The number of amides is 1. The molecule has 3 rings (SSSR count). The molecule has 6 heteroatoms. The largest absolute Gasteiger partial charge is 0.497 e. The molecule has 158 valence electrons. The average molecular weight is 400 g/mol. The van der Waals surface area contributed by atoms with Crippen molar-refractivity contribution in [1.82, 2.24) is 15.2 Å². The average Bonchev–Trinajstić information content (AvgIpc) is 2.76. The number of morpholine rings is 1. The van der Waals surface area contributed by atoms with Crippen LogP contribution in [0.1, 0.15) is 42.7 Å². The van der Waals surface area contributed by atoms with Crippen molar-refractivity contribution in [2.24, 2.45) is 5.92 Å². The van der Waals surface area contributed by atoms with Crippen molar-refractivity contribution in [1.29, 1.82) is 0 Å². The van der Waals surface area contributed by atoms with Crippen LogP contribution in [0.5, 0.6) is 5.75 Å². The van der Waals surface area contributed by atoms with E-state index in [2.05, 4.69) is 29.0 Å². The van der Waals surface area contributed by atoms with E-state index in [0.717, 1.165) is 61.5 Å². The predicted octanol–water partition coefficient (Wildman–Crippen LogP) is 3.42. The first kappa shape index (κ1) is 21.5. The van der Waals surface area contributed by atoms with Gasteiger partial charge in [-0.05, 0) is 31.0 Å². The topological polar surface area (TPSA) is 63.7 Å². The Labute approximate surface area is 173 Å². The molecule has 1 aliphatic heterocycles. The van der Waals surface area contributed by atoms with Gasteiger partial charge in [-0.1, -0.05) is 26.7 Å². The maximum Gasteiger partial charge on any atom is 0.253 e. The molecule has 29 heavy (non-hydrogen) atoms. The van der Waals surface area contributed by atoms with Crippen molar-refractivity contribution < 1.29 is 14.3 Å². The quantitative estimate of drug-likeness (QED) is 0.737. The molecule has 1 unspecified atom stereocenters. The van der Waals surface area contributed by atoms with Gasteiger partial charge in [0.25, 0.3) is 5.91 Å². The monoisotopic (exact) mass is 399 g/mol. The Bertz CT molecular complexity index is 829. The lowest BCUT2D eigenvalue weighted by atomic mass is 9.92. The Hall–Kier alpha value is -2.18. The maximum absolute atomic E-state index is 13.0. The van der Waals surface area contributed by atoms with Gasteiger partial charge in [0, 0.05) is 37.1 Å². The molecule has 6 nitrogen and oxygen atoms in total. The van der Waals surface area contributed by atoms with Crippen molar-refractivity contribution in [3.8, 4) is 5.75 Å². The second kappa shape index (κ2) is 10.0. The van der Waals surface area contributed by atoms with Gasteiger partial charge in [-0.25, -0.2) is 0 Å². The summed E-state index contributed by atoms with van der Waals surface area (Å²) >= 11 is 0. The number of aromatic nitrogens is 1. The van der Waals surface area contributed by atoms with E-state index in [-0.39, 0.29) is 5.91 Å². The lowest BCUT2D eigenvalue weighted by molar-refractivity contribution is 0.00191. The molecule has 0 radical (unpaired) electrons. The van der Waals surface area contributed by atoms with Crippen LogP contribution in [0.2, 0.25) is 0 Å². The summed E-state index contributed by atoms with van der Waals surface area (Å²) in [5.41, 5.74) is 2.20. The van der Waals surface area contributed by atoms with Gasteiger partial charge in [0.05, 0.1) is 37.1 Å². The van der Waals surface area contributed by atoms with Crippen LogP contribution in [-0.4, -0.2) is 61.8 Å². The van der Waals surface area contributed by atoms with Crippen molar-refractivity contribution in [2.45, 2.75) is 39.7 Å². The van der Waals surface area contributed by atoms with Crippen LogP contribution in [0, 0.1) is 12.8 Å². The van der Waals surface area contributed by atoms with Crippen LogP contribution in [-0.2, 0) is 4.74 Å². The molecule has 1 saturated heterocycles. The highest BCUT2D eigenvalue weighted by molar-refractivity contribution is 5.98. The number of rotatable bonds is 8. The number of fused-ring (bicyclic) bond motifs is 1. The highest BCUT2D eigenvalue weighted by Gasteiger charge is 2.27. The van der Waals surface area contributed by atoms with E-state index in [1.165, 1.54) is 0 Å². The fourth-order valence-electron chi connectivity index (χ4n) is 4.23. The van der Waals surface area contributed by atoms with Crippen molar-refractivity contribution in [2.75, 3.05) is 40.0 Å². The molecule has 1 aromatic carbocycles. The summed E-state index contributed by atoms with van der Waals surface area (Å²) < 4.78 is 10.8. The van der Waals surface area contributed by atoms with Gasteiger partial charge >= 0.3 is 0 Å². The summed E-state index contributed by atoms with van der Waals surface area (Å²) in [6, 6.07) is 7.98. The van der Waals surface area contributed by atoms with Gasteiger partial charge in [0.2, 0.25) is 0 Å². The zero-order valence-corrected chi connectivity index (χ0v) is 18.0.